The molecule has 0 unspecified atom stereocenters. The predicted molar refractivity (Wildman–Crippen MR) is 74.6 cm³/mol. The molecule has 0 spiro atoms. The molecule has 0 amide bonds. The lowest BCUT2D eigenvalue weighted by molar-refractivity contribution is 0.379. The molecule has 3 heterocycles. The zero-order valence-electron chi connectivity index (χ0n) is 11.3. The highest BCUT2D eigenvalue weighted by atomic mass is 32.2. The maximum atomic E-state index is 5.32. The average molecular weight is 303 g/mol. The van der Waals surface area contributed by atoms with Crippen molar-refractivity contribution in [2.24, 2.45) is 0 Å². The molecular formula is C13H13N5O2S. The van der Waals surface area contributed by atoms with Crippen LogP contribution in [0.1, 0.15) is 36.9 Å². The number of aromatic nitrogens is 5. The van der Waals surface area contributed by atoms with Crippen molar-refractivity contribution >= 4 is 11.8 Å². The number of furan rings is 1. The SMILES string of the molecule is C[C@H](Sc1nncn1C1CC1)c1nc(-c2ccco2)no1. The van der Waals surface area contributed by atoms with Gasteiger partial charge in [-0.15, -0.1) is 10.2 Å². The summed E-state index contributed by atoms with van der Waals surface area (Å²) in [6.07, 6.45) is 5.77. The van der Waals surface area contributed by atoms with E-state index in [-0.39, 0.29) is 5.25 Å². The molecule has 0 bridgehead atoms. The third-order valence-electron chi connectivity index (χ3n) is 3.29. The van der Waals surface area contributed by atoms with Crippen molar-refractivity contribution in [3.8, 4) is 11.6 Å². The van der Waals surface area contributed by atoms with Gasteiger partial charge in [-0.2, -0.15) is 4.98 Å². The Balaban J connectivity index is 1.52. The molecule has 0 N–H and O–H groups in total. The second kappa shape index (κ2) is 5.03. The Labute approximate surface area is 124 Å². The number of rotatable bonds is 5. The fourth-order valence-corrected chi connectivity index (χ4v) is 2.96. The molecule has 1 atom stereocenters. The number of nitrogens with zero attached hydrogens (tertiary/aromatic N) is 5. The largest absolute Gasteiger partial charge is 0.461 e. The molecule has 0 aromatic carbocycles. The molecule has 3 aromatic rings. The fourth-order valence-electron chi connectivity index (χ4n) is 2.03. The van der Waals surface area contributed by atoms with Crippen molar-refractivity contribution in [1.82, 2.24) is 24.9 Å². The summed E-state index contributed by atoms with van der Waals surface area (Å²) in [5.41, 5.74) is 0. The van der Waals surface area contributed by atoms with Crippen LogP contribution in [0.4, 0.5) is 0 Å². The van der Waals surface area contributed by atoms with Crippen LogP contribution in [-0.4, -0.2) is 24.9 Å². The molecule has 7 nitrogen and oxygen atoms in total. The Morgan fingerprint density at radius 3 is 3.10 bits per heavy atom. The van der Waals surface area contributed by atoms with E-state index in [9.17, 15) is 0 Å². The van der Waals surface area contributed by atoms with E-state index in [1.165, 1.54) is 12.8 Å². The molecule has 1 aliphatic rings. The molecule has 0 aliphatic heterocycles. The minimum Gasteiger partial charge on any atom is -0.461 e. The third-order valence-corrected chi connectivity index (χ3v) is 4.35. The first kappa shape index (κ1) is 12.6. The predicted octanol–water partition coefficient (Wildman–Crippen LogP) is 3.11. The van der Waals surface area contributed by atoms with Crippen LogP contribution >= 0.6 is 11.8 Å². The summed E-state index contributed by atoms with van der Waals surface area (Å²) in [6.45, 7) is 2.01. The highest BCUT2D eigenvalue weighted by Crippen LogP contribution is 2.40. The third kappa shape index (κ3) is 2.46. The molecule has 8 heteroatoms. The first-order valence-electron chi connectivity index (χ1n) is 6.75. The van der Waals surface area contributed by atoms with Crippen molar-refractivity contribution in [1.29, 1.82) is 0 Å². The smallest absolute Gasteiger partial charge is 0.240 e. The highest BCUT2D eigenvalue weighted by molar-refractivity contribution is 7.99. The number of thioether (sulfide) groups is 1. The van der Waals surface area contributed by atoms with E-state index >= 15 is 0 Å². The van der Waals surface area contributed by atoms with Crippen molar-refractivity contribution in [3.05, 3.63) is 30.6 Å². The first-order valence-corrected chi connectivity index (χ1v) is 7.63. The lowest BCUT2D eigenvalue weighted by Crippen LogP contribution is -1.97. The second-order valence-electron chi connectivity index (χ2n) is 4.95. The molecule has 1 fully saturated rings. The maximum Gasteiger partial charge on any atom is 0.240 e. The van der Waals surface area contributed by atoms with Crippen molar-refractivity contribution in [3.63, 3.8) is 0 Å². The van der Waals surface area contributed by atoms with Crippen LogP contribution in [-0.2, 0) is 0 Å². The monoisotopic (exact) mass is 303 g/mol. The standard InChI is InChI=1S/C13H13N5O2S/c1-8(21-13-16-14-7-18(13)9-4-5-9)12-15-11(17-20-12)10-3-2-6-19-10/h2-3,6-9H,4-5H2,1H3/t8-/m0/s1. The second-order valence-corrected chi connectivity index (χ2v) is 6.25. The van der Waals surface area contributed by atoms with Gasteiger partial charge in [0.1, 0.15) is 6.33 Å². The van der Waals surface area contributed by atoms with E-state index in [1.54, 1.807) is 36.5 Å². The van der Waals surface area contributed by atoms with Crippen LogP contribution in [0.3, 0.4) is 0 Å². The van der Waals surface area contributed by atoms with E-state index in [4.69, 9.17) is 8.94 Å². The minimum absolute atomic E-state index is 0.00270. The van der Waals surface area contributed by atoms with Gasteiger partial charge in [0, 0.05) is 6.04 Å². The van der Waals surface area contributed by atoms with E-state index < -0.39 is 0 Å². The molecule has 108 valence electrons. The lowest BCUT2D eigenvalue weighted by Gasteiger charge is -2.07. The highest BCUT2D eigenvalue weighted by Gasteiger charge is 2.28. The van der Waals surface area contributed by atoms with Gasteiger partial charge in [-0.05, 0) is 31.9 Å². The summed E-state index contributed by atoms with van der Waals surface area (Å²) in [4.78, 5) is 4.37. The van der Waals surface area contributed by atoms with Crippen molar-refractivity contribution < 1.29 is 8.94 Å². The Morgan fingerprint density at radius 1 is 1.43 bits per heavy atom. The van der Waals surface area contributed by atoms with Crippen molar-refractivity contribution in [2.45, 2.75) is 36.2 Å². The van der Waals surface area contributed by atoms with Gasteiger partial charge in [0.25, 0.3) is 0 Å². The summed E-state index contributed by atoms with van der Waals surface area (Å²) in [6, 6.07) is 4.15. The summed E-state index contributed by atoms with van der Waals surface area (Å²) in [5.74, 6) is 1.62. The van der Waals surface area contributed by atoms with E-state index in [2.05, 4.69) is 24.9 Å². The van der Waals surface area contributed by atoms with Gasteiger partial charge in [-0.3, -0.25) is 0 Å². The Hall–Kier alpha value is -2.09. The van der Waals surface area contributed by atoms with Crippen LogP contribution < -0.4 is 0 Å². The lowest BCUT2D eigenvalue weighted by atomic mass is 10.4. The van der Waals surface area contributed by atoms with Crippen LogP contribution in [0, 0.1) is 0 Å². The van der Waals surface area contributed by atoms with Gasteiger partial charge in [0.15, 0.2) is 10.9 Å². The first-order chi connectivity index (χ1) is 10.3. The zero-order valence-corrected chi connectivity index (χ0v) is 12.2. The van der Waals surface area contributed by atoms with E-state index in [1.807, 2.05) is 6.92 Å². The van der Waals surface area contributed by atoms with Gasteiger partial charge < -0.3 is 13.5 Å². The minimum atomic E-state index is 0.00270. The van der Waals surface area contributed by atoms with E-state index in [0.717, 1.165) is 5.16 Å². The molecule has 21 heavy (non-hydrogen) atoms. The van der Waals surface area contributed by atoms with Gasteiger partial charge in [-0.1, -0.05) is 16.9 Å². The number of hydrogen-bond donors (Lipinski definition) is 0. The van der Waals surface area contributed by atoms with Gasteiger partial charge in [0.2, 0.25) is 11.7 Å². The molecule has 0 radical (unpaired) electrons. The van der Waals surface area contributed by atoms with Crippen LogP contribution in [0.5, 0.6) is 0 Å². The number of hydrogen-bond acceptors (Lipinski definition) is 7. The Morgan fingerprint density at radius 2 is 2.33 bits per heavy atom. The quantitative estimate of drug-likeness (QED) is 0.670. The topological polar surface area (TPSA) is 82.8 Å². The molecular weight excluding hydrogens is 290 g/mol. The van der Waals surface area contributed by atoms with Gasteiger partial charge >= 0.3 is 0 Å². The van der Waals surface area contributed by atoms with Gasteiger partial charge in [-0.25, -0.2) is 0 Å². The summed E-state index contributed by atoms with van der Waals surface area (Å²) < 4.78 is 12.7. The summed E-state index contributed by atoms with van der Waals surface area (Å²) >= 11 is 1.57. The summed E-state index contributed by atoms with van der Waals surface area (Å²) in [7, 11) is 0. The summed E-state index contributed by atoms with van der Waals surface area (Å²) in [5, 5.41) is 13.0. The van der Waals surface area contributed by atoms with Gasteiger partial charge in [0.05, 0.1) is 11.5 Å². The van der Waals surface area contributed by atoms with Crippen LogP contribution in [0.15, 0.2) is 38.8 Å². The average Bonchev–Trinajstić information content (AvgIpc) is 2.94. The van der Waals surface area contributed by atoms with Crippen molar-refractivity contribution in [2.75, 3.05) is 0 Å². The fraction of sp³-hybridized carbons (Fsp3) is 0.385. The molecule has 1 saturated carbocycles. The Kier molecular flexibility index (Phi) is 3.03. The van der Waals surface area contributed by atoms with E-state index in [0.29, 0.717) is 23.5 Å². The normalized spacial score (nSPS) is 16.2. The van der Waals surface area contributed by atoms with Crippen LogP contribution in [0.2, 0.25) is 0 Å². The molecule has 3 aromatic heterocycles. The van der Waals surface area contributed by atoms with Crippen LogP contribution in [0.25, 0.3) is 11.6 Å². The zero-order chi connectivity index (χ0) is 14.2. The maximum absolute atomic E-state index is 5.32. The molecule has 0 saturated heterocycles. The molecule has 1 aliphatic carbocycles. The molecule has 4 rings (SSSR count). The Bertz CT molecular complexity index is 731.